The predicted molar refractivity (Wildman–Crippen MR) is 105 cm³/mol. The Morgan fingerprint density at radius 1 is 0.893 bits per heavy atom. The number of benzene rings is 1. The van der Waals surface area contributed by atoms with E-state index in [1.54, 1.807) is 21.6 Å². The van der Waals surface area contributed by atoms with Crippen LogP contribution in [0.15, 0.2) is 64.2 Å². The molecule has 0 radical (unpaired) electrons. The van der Waals surface area contributed by atoms with Crippen molar-refractivity contribution >= 4 is 38.0 Å². The molecule has 0 amide bonds. The summed E-state index contributed by atoms with van der Waals surface area (Å²) >= 11 is 0. The molecule has 2 aliphatic rings. The van der Waals surface area contributed by atoms with Crippen molar-refractivity contribution in [3.8, 4) is 0 Å². The van der Waals surface area contributed by atoms with Gasteiger partial charge in [0.05, 0.1) is 0 Å². The summed E-state index contributed by atoms with van der Waals surface area (Å²) in [6.45, 7) is 0. The summed E-state index contributed by atoms with van der Waals surface area (Å²) in [4.78, 5) is 6.91. The van der Waals surface area contributed by atoms with Crippen molar-refractivity contribution in [2.75, 3.05) is 33.1 Å². The number of allylic oxidation sites excluding steroid dienone is 5. The molecule has 0 atom stereocenters. The Bertz CT molecular complexity index is 842. The highest BCUT2D eigenvalue weighted by atomic mass is 35.7. The molecular weight excluding hydrogens is 422 g/mol. The van der Waals surface area contributed by atoms with E-state index in [4.69, 9.17) is 23.6 Å². The normalized spacial score (nSPS) is 16.0. The van der Waals surface area contributed by atoms with Gasteiger partial charge in [-0.3, -0.25) is 0 Å². The Morgan fingerprint density at radius 2 is 1.43 bits per heavy atom. The number of hydrogen-bond donors (Lipinski definition) is 0. The Labute approximate surface area is 174 Å². The van der Waals surface area contributed by atoms with Crippen LogP contribution in [0.25, 0.3) is 0 Å². The van der Waals surface area contributed by atoms with Crippen molar-refractivity contribution in [2.45, 2.75) is 0 Å². The zero-order chi connectivity index (χ0) is 20.9. The zero-order valence-corrected chi connectivity index (χ0v) is 18.2. The second kappa shape index (κ2) is 9.75. The first-order valence-corrected chi connectivity index (χ1v) is 11.4. The first-order chi connectivity index (χ1) is 13.0. The molecule has 28 heavy (non-hydrogen) atoms. The SMILES string of the molecule is CN(C)c1ccc(C2=NC(=C3C=CC(=[N+](C)C)C=C3)SS2)cc1.[O-][Cl+3]([O-])([O-])[O-]. The molecule has 1 aromatic carbocycles. The van der Waals surface area contributed by atoms with Crippen molar-refractivity contribution in [2.24, 2.45) is 4.99 Å². The second-order valence-corrected chi connectivity index (χ2v) is 9.01. The topological polar surface area (TPSA) is 111 Å². The standard InChI is InChI=1S/C18H20N3S2.ClHO4/c1-20(2)15-9-5-13(6-10-15)17-19-18(23-22-17)14-7-11-16(12-8-14)21(3)4;2-1(3,4)5/h5-12H,1-4H3;(H,2,3,4,5)/q+1;/p-1. The number of hydrogen-bond acceptors (Lipinski definition) is 8. The molecule has 1 aliphatic heterocycles. The molecule has 0 unspecified atom stereocenters. The number of aliphatic imine (C=N–C) groups is 1. The van der Waals surface area contributed by atoms with Gasteiger partial charge in [0.1, 0.15) is 24.2 Å². The van der Waals surface area contributed by atoms with Gasteiger partial charge < -0.3 is 4.90 Å². The minimum Gasteiger partial charge on any atom is -0.378 e. The lowest BCUT2D eigenvalue weighted by atomic mass is 10.1. The van der Waals surface area contributed by atoms with Gasteiger partial charge in [-0.2, -0.15) is 0 Å². The van der Waals surface area contributed by atoms with E-state index in [1.165, 1.54) is 22.5 Å². The maximum atomic E-state index is 8.49. The summed E-state index contributed by atoms with van der Waals surface area (Å²) in [6, 6.07) is 8.54. The van der Waals surface area contributed by atoms with E-state index in [2.05, 4.69) is 86.2 Å². The number of halogens is 1. The van der Waals surface area contributed by atoms with Gasteiger partial charge >= 0.3 is 0 Å². The highest BCUT2D eigenvalue weighted by Crippen LogP contribution is 2.43. The van der Waals surface area contributed by atoms with Gasteiger partial charge in [0.15, 0.2) is 5.71 Å². The average Bonchev–Trinajstić information content (AvgIpc) is 3.10. The van der Waals surface area contributed by atoms with Crippen molar-refractivity contribution in [1.82, 2.24) is 0 Å². The lowest BCUT2D eigenvalue weighted by Gasteiger charge is -2.17. The van der Waals surface area contributed by atoms with Crippen LogP contribution in [-0.2, 0) is 0 Å². The van der Waals surface area contributed by atoms with Crippen LogP contribution in [0, 0.1) is 10.2 Å². The molecule has 0 spiro atoms. The van der Waals surface area contributed by atoms with Crippen LogP contribution in [-0.4, -0.2) is 43.5 Å². The minimum atomic E-state index is -4.94. The van der Waals surface area contributed by atoms with Crippen LogP contribution < -0.4 is 23.5 Å². The molecule has 3 rings (SSSR count). The van der Waals surface area contributed by atoms with E-state index in [1.807, 2.05) is 0 Å². The van der Waals surface area contributed by atoms with Crippen molar-refractivity contribution < 1.29 is 33.5 Å². The molecule has 150 valence electrons. The molecule has 1 aliphatic carbocycles. The van der Waals surface area contributed by atoms with E-state index in [9.17, 15) is 0 Å². The van der Waals surface area contributed by atoms with E-state index in [0.29, 0.717) is 0 Å². The fourth-order valence-electron chi connectivity index (χ4n) is 2.24. The van der Waals surface area contributed by atoms with Crippen molar-refractivity contribution in [3.05, 3.63) is 64.7 Å². The number of anilines is 1. The zero-order valence-electron chi connectivity index (χ0n) is 15.8. The van der Waals surface area contributed by atoms with E-state index in [-0.39, 0.29) is 0 Å². The van der Waals surface area contributed by atoms with E-state index < -0.39 is 10.2 Å². The molecule has 0 N–H and O–H groups in total. The summed E-state index contributed by atoms with van der Waals surface area (Å²) in [5.41, 5.74) is 4.75. The molecular formula is C18H20ClN3O4S2. The van der Waals surface area contributed by atoms with E-state index in [0.717, 1.165) is 10.1 Å². The molecule has 1 aromatic rings. The summed E-state index contributed by atoms with van der Waals surface area (Å²) in [5, 5.41) is 2.15. The Hall–Kier alpha value is -1.59. The molecule has 10 heteroatoms. The fourth-order valence-corrected chi connectivity index (χ4v) is 4.45. The van der Waals surface area contributed by atoms with Crippen molar-refractivity contribution in [1.29, 1.82) is 0 Å². The molecule has 0 bridgehead atoms. The minimum absolute atomic E-state index is 1.08. The summed E-state index contributed by atoms with van der Waals surface area (Å²) in [6.07, 6.45) is 8.54. The lowest BCUT2D eigenvalue weighted by molar-refractivity contribution is -2.00. The molecule has 0 aromatic heterocycles. The van der Waals surface area contributed by atoms with E-state index >= 15 is 0 Å². The third-order valence-corrected chi connectivity index (χ3v) is 5.91. The summed E-state index contributed by atoms with van der Waals surface area (Å²) < 4.78 is 36.1. The lowest BCUT2D eigenvalue weighted by Crippen LogP contribution is -2.68. The van der Waals surface area contributed by atoms with Crippen LogP contribution in [0.2, 0.25) is 0 Å². The molecule has 0 fully saturated rings. The van der Waals surface area contributed by atoms with Gasteiger partial charge in [-0.1, -0.05) is 12.1 Å². The largest absolute Gasteiger partial charge is 0.378 e. The number of nitrogens with zero attached hydrogens (tertiary/aromatic N) is 3. The van der Waals surface area contributed by atoms with Gasteiger partial charge in [0.25, 0.3) is 0 Å². The van der Waals surface area contributed by atoms with Gasteiger partial charge in [-0.05, 0) is 45.9 Å². The number of rotatable bonds is 2. The Morgan fingerprint density at radius 3 is 1.89 bits per heavy atom. The summed E-state index contributed by atoms with van der Waals surface area (Å²) in [5.74, 6) is 0. The maximum Gasteiger partial charge on any atom is 0.199 e. The maximum absolute atomic E-state index is 8.49. The molecule has 1 heterocycles. The van der Waals surface area contributed by atoms with Crippen LogP contribution in [0.1, 0.15) is 5.56 Å². The molecule has 0 saturated carbocycles. The highest BCUT2D eigenvalue weighted by Gasteiger charge is 2.18. The van der Waals surface area contributed by atoms with Gasteiger partial charge in [-0.15, -0.1) is 10.2 Å². The first kappa shape index (κ1) is 22.7. The summed E-state index contributed by atoms with van der Waals surface area (Å²) in [7, 11) is 6.72. The predicted octanol–water partition coefficient (Wildman–Crippen LogP) is -0.811. The third-order valence-electron chi connectivity index (χ3n) is 3.66. The van der Waals surface area contributed by atoms with Gasteiger partial charge in [0.2, 0.25) is 0 Å². The van der Waals surface area contributed by atoms with Crippen LogP contribution in [0.3, 0.4) is 0 Å². The molecule has 7 nitrogen and oxygen atoms in total. The third kappa shape index (κ3) is 7.10. The van der Waals surface area contributed by atoms with Crippen molar-refractivity contribution in [3.63, 3.8) is 0 Å². The highest BCUT2D eigenvalue weighted by molar-refractivity contribution is 8.84. The Kier molecular flexibility index (Phi) is 7.90. The van der Waals surface area contributed by atoms with Gasteiger partial charge in [0, 0.05) is 43.1 Å². The first-order valence-electron chi connectivity index (χ1n) is 8.02. The monoisotopic (exact) mass is 441 g/mol. The molecule has 0 saturated heterocycles. The smallest absolute Gasteiger partial charge is 0.199 e. The van der Waals surface area contributed by atoms with Crippen LogP contribution in [0.5, 0.6) is 0 Å². The van der Waals surface area contributed by atoms with Crippen LogP contribution in [0.4, 0.5) is 5.69 Å². The second-order valence-electron chi connectivity index (χ2n) is 6.15. The average molecular weight is 442 g/mol. The Balaban J connectivity index is 0.000000500. The quantitative estimate of drug-likeness (QED) is 0.436. The van der Waals surface area contributed by atoms with Gasteiger partial charge in [-0.25, -0.2) is 28.2 Å². The fraction of sp³-hybridized carbons (Fsp3) is 0.222. The van der Waals surface area contributed by atoms with Crippen LogP contribution >= 0.6 is 21.6 Å².